The number of amides is 1. The fourth-order valence-corrected chi connectivity index (χ4v) is 3.40. The third-order valence-electron chi connectivity index (χ3n) is 4.77. The molecule has 0 spiro atoms. The number of anilines is 1. The van der Waals surface area contributed by atoms with E-state index in [0.717, 1.165) is 41.4 Å². The summed E-state index contributed by atoms with van der Waals surface area (Å²) < 4.78 is 2.02. The lowest BCUT2D eigenvalue weighted by Gasteiger charge is -2.12. The lowest BCUT2D eigenvalue weighted by Crippen LogP contribution is -2.19. The first-order chi connectivity index (χ1) is 12.9. The second-order valence-corrected chi connectivity index (χ2v) is 6.73. The van der Waals surface area contributed by atoms with Gasteiger partial charge in [-0.3, -0.25) is 14.9 Å². The number of rotatable bonds is 6. The second kappa shape index (κ2) is 7.61. The second-order valence-electron chi connectivity index (χ2n) is 6.73. The summed E-state index contributed by atoms with van der Waals surface area (Å²) in [5, 5.41) is 15.1. The molecule has 0 fully saturated rings. The van der Waals surface area contributed by atoms with Crippen LogP contribution in [0.15, 0.2) is 42.5 Å². The Balaban J connectivity index is 2.06. The van der Waals surface area contributed by atoms with Crippen LogP contribution < -0.4 is 5.32 Å². The van der Waals surface area contributed by atoms with Gasteiger partial charge in [0.25, 0.3) is 11.6 Å². The zero-order valence-corrected chi connectivity index (χ0v) is 15.8. The molecule has 1 heterocycles. The minimum atomic E-state index is -0.470. The van der Waals surface area contributed by atoms with Gasteiger partial charge in [-0.2, -0.15) is 0 Å². The number of hydrogen-bond donors (Lipinski definition) is 1. The Labute approximate surface area is 158 Å². The number of fused-ring (bicyclic) bond motifs is 1. The minimum Gasteiger partial charge on any atom is -0.336 e. The van der Waals surface area contributed by atoms with Crippen LogP contribution in [0.2, 0.25) is 0 Å². The highest BCUT2D eigenvalue weighted by Crippen LogP contribution is 2.29. The molecule has 0 bridgehead atoms. The highest BCUT2D eigenvalue weighted by atomic mass is 16.6. The summed E-state index contributed by atoms with van der Waals surface area (Å²) in [5.74, 6) is -0.327. The summed E-state index contributed by atoms with van der Waals surface area (Å²) in [5.41, 5.74) is 3.33. The van der Waals surface area contributed by atoms with Crippen LogP contribution >= 0.6 is 0 Å². The number of nitro benzene ring substituents is 1. The van der Waals surface area contributed by atoms with Crippen LogP contribution in [-0.4, -0.2) is 15.4 Å². The van der Waals surface area contributed by atoms with Crippen LogP contribution in [0.4, 0.5) is 11.4 Å². The number of carbonyl (C=O) groups excluding carboxylic acids is 1. The van der Waals surface area contributed by atoms with E-state index in [0.29, 0.717) is 5.69 Å². The molecule has 0 aliphatic carbocycles. The van der Waals surface area contributed by atoms with E-state index in [9.17, 15) is 14.9 Å². The topological polar surface area (TPSA) is 77.2 Å². The maximum Gasteiger partial charge on any atom is 0.293 e. The largest absolute Gasteiger partial charge is 0.336 e. The molecular weight excluding hydrogens is 342 g/mol. The molecule has 27 heavy (non-hydrogen) atoms. The quantitative estimate of drug-likeness (QED) is 0.480. The zero-order chi connectivity index (χ0) is 19.6. The molecule has 3 aromatic rings. The summed E-state index contributed by atoms with van der Waals surface area (Å²) in [6.07, 6.45) is 1.96. The Kier molecular flexibility index (Phi) is 5.26. The molecule has 0 saturated carbocycles. The highest BCUT2D eigenvalue weighted by molar-refractivity contribution is 6.09. The van der Waals surface area contributed by atoms with Gasteiger partial charge in [0.15, 0.2) is 0 Å². The van der Waals surface area contributed by atoms with Gasteiger partial charge in [0.1, 0.15) is 11.4 Å². The Morgan fingerprint density at radius 3 is 2.63 bits per heavy atom. The van der Waals surface area contributed by atoms with Gasteiger partial charge in [-0.15, -0.1) is 0 Å². The van der Waals surface area contributed by atoms with Crippen LogP contribution in [0.1, 0.15) is 41.4 Å². The van der Waals surface area contributed by atoms with Gasteiger partial charge in [0.2, 0.25) is 0 Å². The van der Waals surface area contributed by atoms with Crippen LogP contribution in [0, 0.1) is 24.0 Å². The molecular formula is C21H23N3O3. The monoisotopic (exact) mass is 365 g/mol. The summed E-state index contributed by atoms with van der Waals surface area (Å²) in [6, 6.07) is 12.7. The molecule has 1 N–H and O–H groups in total. The van der Waals surface area contributed by atoms with Crippen LogP contribution in [0.3, 0.4) is 0 Å². The zero-order valence-electron chi connectivity index (χ0n) is 15.8. The van der Waals surface area contributed by atoms with E-state index in [4.69, 9.17) is 0 Å². The van der Waals surface area contributed by atoms with Crippen molar-refractivity contribution in [2.24, 2.45) is 0 Å². The van der Waals surface area contributed by atoms with E-state index in [1.54, 1.807) is 19.1 Å². The molecule has 6 nitrogen and oxygen atoms in total. The molecule has 2 aromatic carbocycles. The molecule has 0 aliphatic heterocycles. The number of unbranched alkanes of at least 4 members (excludes halogenated alkanes) is 1. The fourth-order valence-electron chi connectivity index (χ4n) is 3.40. The molecule has 1 amide bonds. The first kappa shape index (κ1) is 18.6. The van der Waals surface area contributed by atoms with E-state index in [2.05, 4.69) is 12.2 Å². The number of nitrogens with zero attached hydrogens (tertiary/aromatic N) is 2. The van der Waals surface area contributed by atoms with E-state index >= 15 is 0 Å². The molecule has 0 saturated heterocycles. The van der Waals surface area contributed by atoms with Crippen molar-refractivity contribution in [2.75, 3.05) is 5.32 Å². The number of para-hydroxylation sites is 1. The molecule has 0 unspecified atom stereocenters. The van der Waals surface area contributed by atoms with Gasteiger partial charge in [0.05, 0.1) is 4.92 Å². The number of nitrogens with one attached hydrogen (secondary N) is 1. The van der Waals surface area contributed by atoms with Crippen LogP contribution in [-0.2, 0) is 6.54 Å². The Hall–Kier alpha value is -3.15. The summed E-state index contributed by atoms with van der Waals surface area (Å²) >= 11 is 0. The molecule has 0 radical (unpaired) electrons. The molecule has 3 rings (SSSR count). The van der Waals surface area contributed by atoms with Gasteiger partial charge < -0.3 is 9.88 Å². The fraction of sp³-hybridized carbons (Fsp3) is 0.286. The maximum atomic E-state index is 13.1. The lowest BCUT2D eigenvalue weighted by atomic mass is 10.1. The van der Waals surface area contributed by atoms with Crippen molar-refractivity contribution in [3.63, 3.8) is 0 Å². The summed E-state index contributed by atoms with van der Waals surface area (Å²) in [6.45, 7) is 6.53. The first-order valence-electron chi connectivity index (χ1n) is 9.08. The predicted octanol–water partition coefficient (Wildman–Crippen LogP) is 5.22. The van der Waals surface area contributed by atoms with Gasteiger partial charge in [0, 0.05) is 23.5 Å². The summed E-state index contributed by atoms with van der Waals surface area (Å²) in [4.78, 5) is 24.0. The van der Waals surface area contributed by atoms with E-state index in [-0.39, 0.29) is 17.3 Å². The normalized spacial score (nSPS) is 10.9. The highest BCUT2D eigenvalue weighted by Gasteiger charge is 2.23. The van der Waals surface area contributed by atoms with Gasteiger partial charge in [-0.25, -0.2) is 0 Å². The Morgan fingerprint density at radius 1 is 1.19 bits per heavy atom. The molecule has 0 aliphatic rings. The average molecular weight is 365 g/mol. The van der Waals surface area contributed by atoms with E-state index in [1.807, 2.05) is 35.8 Å². The maximum absolute atomic E-state index is 13.1. The van der Waals surface area contributed by atoms with Crippen molar-refractivity contribution in [3.8, 4) is 0 Å². The van der Waals surface area contributed by atoms with E-state index < -0.39 is 4.92 Å². The van der Waals surface area contributed by atoms with Crippen molar-refractivity contribution in [3.05, 3.63) is 69.4 Å². The molecule has 1 aromatic heterocycles. The smallest absolute Gasteiger partial charge is 0.293 e. The predicted molar refractivity (Wildman–Crippen MR) is 107 cm³/mol. The van der Waals surface area contributed by atoms with Gasteiger partial charge in [-0.1, -0.05) is 37.6 Å². The summed E-state index contributed by atoms with van der Waals surface area (Å²) in [7, 11) is 0. The number of aryl methyl sites for hydroxylation is 3. The Morgan fingerprint density at radius 2 is 1.93 bits per heavy atom. The van der Waals surface area contributed by atoms with E-state index in [1.165, 1.54) is 6.07 Å². The van der Waals surface area contributed by atoms with Crippen LogP contribution in [0.5, 0.6) is 0 Å². The number of hydrogen-bond acceptors (Lipinski definition) is 3. The number of carbonyl (C=O) groups is 1. The first-order valence-corrected chi connectivity index (χ1v) is 9.08. The average Bonchev–Trinajstić information content (AvgIpc) is 2.93. The number of aromatic nitrogens is 1. The van der Waals surface area contributed by atoms with Crippen LogP contribution in [0.25, 0.3) is 10.9 Å². The SMILES string of the molecule is CCCCn1c(C(=O)Nc2ccc(C)cc2[N+](=O)[O-])c(C)c2ccccc21. The minimum absolute atomic E-state index is 0.0998. The Bertz CT molecular complexity index is 1020. The third kappa shape index (κ3) is 3.56. The van der Waals surface area contributed by atoms with Crippen molar-refractivity contribution < 1.29 is 9.72 Å². The van der Waals surface area contributed by atoms with Crippen molar-refractivity contribution >= 4 is 28.2 Å². The lowest BCUT2D eigenvalue weighted by molar-refractivity contribution is -0.384. The molecule has 6 heteroatoms. The van der Waals surface area contributed by atoms with Gasteiger partial charge in [-0.05, 0) is 43.5 Å². The number of nitro groups is 1. The molecule has 140 valence electrons. The molecule has 0 atom stereocenters. The standard InChI is InChI=1S/C21H23N3O3/c1-4-5-12-23-18-9-7-6-8-16(18)15(3)20(23)21(25)22-17-11-10-14(2)13-19(17)24(26)27/h6-11,13H,4-5,12H2,1-3H3,(H,22,25). The third-order valence-corrected chi connectivity index (χ3v) is 4.77. The van der Waals surface area contributed by atoms with Crippen molar-refractivity contribution in [1.29, 1.82) is 0 Å². The van der Waals surface area contributed by atoms with Gasteiger partial charge >= 0.3 is 0 Å². The van der Waals surface area contributed by atoms with Crippen molar-refractivity contribution in [2.45, 2.75) is 40.2 Å². The van der Waals surface area contributed by atoms with Crippen molar-refractivity contribution in [1.82, 2.24) is 4.57 Å². The number of benzene rings is 2.